The molecular weight excluding hydrogens is 246 g/mol. The molecule has 19 heavy (non-hydrogen) atoms. The summed E-state index contributed by atoms with van der Waals surface area (Å²) in [6.45, 7) is 1.89. The summed E-state index contributed by atoms with van der Waals surface area (Å²) in [7, 11) is 2.91. The maximum atomic E-state index is 11.7. The highest BCUT2D eigenvalue weighted by molar-refractivity contribution is 5.82. The van der Waals surface area contributed by atoms with E-state index in [0.29, 0.717) is 0 Å². The van der Waals surface area contributed by atoms with Crippen LogP contribution in [0.2, 0.25) is 0 Å². The van der Waals surface area contributed by atoms with Crippen LogP contribution < -0.4 is 0 Å². The minimum Gasteiger partial charge on any atom is -0.461 e. The second-order valence-corrected chi connectivity index (χ2v) is 4.27. The van der Waals surface area contributed by atoms with Gasteiger partial charge in [0, 0.05) is 13.0 Å². The molecule has 104 valence electrons. The zero-order valence-electron chi connectivity index (χ0n) is 11.5. The van der Waals surface area contributed by atoms with Crippen molar-refractivity contribution in [3.8, 4) is 0 Å². The molecule has 0 unspecified atom stereocenters. The number of nitrogens with zero attached hydrogens (tertiary/aromatic N) is 1. The molecule has 1 atom stereocenters. The number of benzene rings is 1. The highest BCUT2D eigenvalue weighted by atomic mass is 16.7. The van der Waals surface area contributed by atoms with Gasteiger partial charge in [0.2, 0.25) is 5.91 Å². The fourth-order valence-electron chi connectivity index (χ4n) is 1.53. The molecule has 0 aliphatic carbocycles. The predicted octanol–water partition coefficient (Wildman–Crippen LogP) is 1.78. The summed E-state index contributed by atoms with van der Waals surface area (Å²) in [6, 6.07) is 9.40. The van der Waals surface area contributed by atoms with E-state index >= 15 is 0 Å². The first-order valence-corrected chi connectivity index (χ1v) is 6.05. The summed E-state index contributed by atoms with van der Waals surface area (Å²) in [6.07, 6.45) is 0.0410. The Bertz CT molecular complexity index is 419. The van der Waals surface area contributed by atoms with Gasteiger partial charge in [-0.2, -0.15) is 0 Å². The Balaban J connectivity index is 2.37. The van der Waals surface area contributed by atoms with E-state index in [4.69, 9.17) is 9.57 Å². The normalized spacial score (nSPS) is 11.7. The van der Waals surface area contributed by atoms with E-state index in [2.05, 4.69) is 0 Å². The Labute approximate surface area is 113 Å². The number of hydrogen-bond acceptors (Lipinski definition) is 4. The van der Waals surface area contributed by atoms with Crippen molar-refractivity contribution in [2.75, 3.05) is 14.2 Å². The average molecular weight is 265 g/mol. The van der Waals surface area contributed by atoms with Gasteiger partial charge >= 0.3 is 5.97 Å². The maximum Gasteiger partial charge on any atom is 0.306 e. The Kier molecular flexibility index (Phi) is 6.02. The third kappa shape index (κ3) is 5.09. The van der Waals surface area contributed by atoms with Gasteiger partial charge < -0.3 is 4.74 Å². The number of hydroxylamine groups is 2. The Morgan fingerprint density at radius 3 is 2.47 bits per heavy atom. The molecule has 0 aliphatic rings. The average Bonchev–Trinajstić information content (AvgIpc) is 2.44. The lowest BCUT2D eigenvalue weighted by Crippen LogP contribution is -2.32. The van der Waals surface area contributed by atoms with Crippen molar-refractivity contribution >= 4 is 11.9 Å². The zero-order chi connectivity index (χ0) is 14.3. The van der Waals surface area contributed by atoms with Crippen LogP contribution in [0.15, 0.2) is 30.3 Å². The molecule has 0 spiro atoms. The summed E-state index contributed by atoms with van der Waals surface area (Å²) in [4.78, 5) is 28.1. The van der Waals surface area contributed by atoms with Crippen LogP contribution >= 0.6 is 0 Å². The Morgan fingerprint density at radius 1 is 1.26 bits per heavy atom. The molecule has 0 aromatic heterocycles. The van der Waals surface area contributed by atoms with E-state index in [-0.39, 0.29) is 18.9 Å². The molecule has 0 aliphatic heterocycles. The first-order valence-electron chi connectivity index (χ1n) is 6.05. The fourth-order valence-corrected chi connectivity index (χ4v) is 1.53. The van der Waals surface area contributed by atoms with E-state index < -0.39 is 11.9 Å². The lowest BCUT2D eigenvalue weighted by Gasteiger charge is -2.18. The number of ether oxygens (including phenoxy) is 1. The van der Waals surface area contributed by atoms with Crippen molar-refractivity contribution in [3.63, 3.8) is 0 Å². The highest BCUT2D eigenvalue weighted by Gasteiger charge is 2.21. The standard InChI is InChI=1S/C14H19NO4/c1-11(14(17)15(2)18-3)9-13(16)19-10-12-7-5-4-6-8-12/h4-8,11H,9-10H2,1-3H3/t11-/m0/s1. The molecule has 0 fully saturated rings. The third-order valence-corrected chi connectivity index (χ3v) is 2.72. The SMILES string of the molecule is CON(C)C(=O)[C@@H](C)CC(=O)OCc1ccccc1. The van der Waals surface area contributed by atoms with Gasteiger partial charge in [-0.25, -0.2) is 5.06 Å². The van der Waals surface area contributed by atoms with Crippen LogP contribution in [-0.2, 0) is 25.8 Å². The van der Waals surface area contributed by atoms with Gasteiger partial charge in [-0.3, -0.25) is 14.4 Å². The molecule has 0 saturated carbocycles. The Morgan fingerprint density at radius 2 is 1.89 bits per heavy atom. The van der Waals surface area contributed by atoms with Gasteiger partial charge in [0.05, 0.1) is 13.5 Å². The molecule has 1 amide bonds. The number of rotatable bonds is 6. The quantitative estimate of drug-likeness (QED) is 0.581. The van der Waals surface area contributed by atoms with Gasteiger partial charge in [-0.15, -0.1) is 0 Å². The second kappa shape index (κ2) is 7.53. The lowest BCUT2D eigenvalue weighted by atomic mass is 10.1. The first kappa shape index (κ1) is 15.2. The van der Waals surface area contributed by atoms with E-state index in [1.54, 1.807) is 6.92 Å². The van der Waals surface area contributed by atoms with Crippen LogP contribution in [0.4, 0.5) is 0 Å². The number of hydrogen-bond donors (Lipinski definition) is 0. The second-order valence-electron chi connectivity index (χ2n) is 4.27. The highest BCUT2D eigenvalue weighted by Crippen LogP contribution is 2.09. The van der Waals surface area contributed by atoms with Crippen molar-refractivity contribution in [2.45, 2.75) is 20.0 Å². The van der Waals surface area contributed by atoms with Crippen LogP contribution in [0.1, 0.15) is 18.9 Å². The van der Waals surface area contributed by atoms with Gasteiger partial charge in [0.25, 0.3) is 0 Å². The summed E-state index contributed by atoms with van der Waals surface area (Å²) < 4.78 is 5.11. The summed E-state index contributed by atoms with van der Waals surface area (Å²) in [5.41, 5.74) is 0.920. The molecule has 0 heterocycles. The number of amides is 1. The summed E-state index contributed by atoms with van der Waals surface area (Å²) >= 11 is 0. The van der Waals surface area contributed by atoms with Gasteiger partial charge in [-0.05, 0) is 5.56 Å². The first-order chi connectivity index (χ1) is 9.04. The minimum absolute atomic E-state index is 0.0410. The lowest BCUT2D eigenvalue weighted by molar-refractivity contribution is -0.174. The topological polar surface area (TPSA) is 55.8 Å². The van der Waals surface area contributed by atoms with Crippen molar-refractivity contribution in [3.05, 3.63) is 35.9 Å². The van der Waals surface area contributed by atoms with Crippen LogP contribution in [0, 0.1) is 5.92 Å². The molecule has 5 heteroatoms. The minimum atomic E-state index is -0.465. The molecule has 0 saturated heterocycles. The molecule has 1 aromatic rings. The van der Waals surface area contributed by atoms with E-state index in [1.807, 2.05) is 30.3 Å². The van der Waals surface area contributed by atoms with Crippen molar-refractivity contribution < 1.29 is 19.2 Å². The van der Waals surface area contributed by atoms with E-state index in [0.717, 1.165) is 10.6 Å². The molecular formula is C14H19NO4. The molecule has 1 rings (SSSR count). The smallest absolute Gasteiger partial charge is 0.306 e. The van der Waals surface area contributed by atoms with Crippen molar-refractivity contribution in [1.29, 1.82) is 0 Å². The molecule has 0 bridgehead atoms. The van der Waals surface area contributed by atoms with E-state index in [9.17, 15) is 9.59 Å². The summed E-state index contributed by atoms with van der Waals surface area (Å²) in [5, 5.41) is 1.11. The molecule has 0 radical (unpaired) electrons. The number of esters is 1. The summed E-state index contributed by atoms with van der Waals surface area (Å²) in [5.74, 6) is -1.11. The van der Waals surface area contributed by atoms with Crippen LogP contribution in [-0.4, -0.2) is 31.1 Å². The fraction of sp³-hybridized carbons (Fsp3) is 0.429. The van der Waals surface area contributed by atoms with Crippen LogP contribution in [0.3, 0.4) is 0 Å². The molecule has 1 aromatic carbocycles. The Hall–Kier alpha value is -1.88. The van der Waals surface area contributed by atoms with Crippen LogP contribution in [0.5, 0.6) is 0 Å². The maximum absolute atomic E-state index is 11.7. The van der Waals surface area contributed by atoms with Gasteiger partial charge in [0.1, 0.15) is 6.61 Å². The zero-order valence-corrected chi connectivity index (χ0v) is 11.5. The van der Waals surface area contributed by atoms with Crippen molar-refractivity contribution in [2.24, 2.45) is 5.92 Å². The van der Waals surface area contributed by atoms with Gasteiger partial charge in [-0.1, -0.05) is 37.3 Å². The van der Waals surface area contributed by atoms with E-state index in [1.165, 1.54) is 14.2 Å². The predicted molar refractivity (Wildman–Crippen MR) is 69.8 cm³/mol. The number of carbonyl (C=O) groups is 2. The third-order valence-electron chi connectivity index (χ3n) is 2.72. The van der Waals surface area contributed by atoms with Gasteiger partial charge in [0.15, 0.2) is 0 Å². The monoisotopic (exact) mass is 265 g/mol. The van der Waals surface area contributed by atoms with Crippen LogP contribution in [0.25, 0.3) is 0 Å². The molecule has 0 N–H and O–H groups in total. The molecule has 5 nitrogen and oxygen atoms in total. The van der Waals surface area contributed by atoms with Crippen molar-refractivity contribution in [1.82, 2.24) is 5.06 Å². The largest absolute Gasteiger partial charge is 0.461 e. The number of carbonyl (C=O) groups excluding carboxylic acids is 2.